The van der Waals surface area contributed by atoms with Crippen LogP contribution in [0.5, 0.6) is 0 Å². The second-order valence-corrected chi connectivity index (χ2v) is 6.13. The first-order valence-corrected chi connectivity index (χ1v) is 7.09. The number of carboxylic acids is 1. The Morgan fingerprint density at radius 2 is 2.11 bits per heavy atom. The van der Waals surface area contributed by atoms with Gasteiger partial charge in [0.2, 0.25) is 0 Å². The van der Waals surface area contributed by atoms with Crippen molar-refractivity contribution in [2.75, 3.05) is 0 Å². The molecule has 1 aromatic carbocycles. The van der Waals surface area contributed by atoms with E-state index in [-0.39, 0.29) is 16.3 Å². The Kier molecular flexibility index (Phi) is 3.59. The van der Waals surface area contributed by atoms with E-state index in [0.29, 0.717) is 5.02 Å². The van der Waals surface area contributed by atoms with Crippen molar-refractivity contribution in [3.8, 4) is 0 Å². The maximum absolute atomic E-state index is 12.0. The zero-order chi connectivity index (χ0) is 14.0. The molecule has 0 radical (unpaired) electrons. The van der Waals surface area contributed by atoms with Gasteiger partial charge in [-0.25, -0.2) is 13.2 Å². The Labute approximate surface area is 113 Å². The van der Waals surface area contributed by atoms with Crippen LogP contribution < -0.4 is 0 Å². The first-order chi connectivity index (χ1) is 8.88. The molecule has 2 rings (SSSR count). The van der Waals surface area contributed by atoms with E-state index < -0.39 is 21.6 Å². The fourth-order valence-corrected chi connectivity index (χ4v) is 2.94. The molecule has 1 aromatic heterocycles. The van der Waals surface area contributed by atoms with Crippen LogP contribution in [0.4, 0.5) is 0 Å². The smallest absolute Gasteiger partial charge is 0.358 e. The van der Waals surface area contributed by atoms with Crippen LogP contribution in [0.2, 0.25) is 5.02 Å². The standard InChI is InChI=1S/C11H8ClNO5S/c12-7-2-1-3-9(4-7)19(16,17)6-8-5-10(11(14)15)13-18-8/h1-5H,6H2,(H,14,15). The van der Waals surface area contributed by atoms with E-state index in [0.717, 1.165) is 6.07 Å². The summed E-state index contributed by atoms with van der Waals surface area (Å²) in [6.07, 6.45) is 0. The first kappa shape index (κ1) is 13.6. The number of aromatic carboxylic acids is 1. The summed E-state index contributed by atoms with van der Waals surface area (Å²) in [4.78, 5) is 10.6. The van der Waals surface area contributed by atoms with Crippen LogP contribution in [0.15, 0.2) is 39.8 Å². The van der Waals surface area contributed by atoms with Crippen molar-refractivity contribution in [1.82, 2.24) is 5.16 Å². The predicted molar refractivity (Wildman–Crippen MR) is 65.8 cm³/mol. The zero-order valence-electron chi connectivity index (χ0n) is 9.41. The molecule has 100 valence electrons. The van der Waals surface area contributed by atoms with E-state index in [2.05, 4.69) is 9.68 Å². The van der Waals surface area contributed by atoms with Crippen LogP contribution in [0.3, 0.4) is 0 Å². The van der Waals surface area contributed by atoms with Crippen molar-refractivity contribution in [1.29, 1.82) is 0 Å². The van der Waals surface area contributed by atoms with E-state index >= 15 is 0 Å². The lowest BCUT2D eigenvalue weighted by atomic mass is 10.4. The van der Waals surface area contributed by atoms with Crippen molar-refractivity contribution >= 4 is 27.4 Å². The van der Waals surface area contributed by atoms with Gasteiger partial charge in [0.25, 0.3) is 0 Å². The second kappa shape index (κ2) is 5.02. The molecule has 0 aliphatic carbocycles. The summed E-state index contributed by atoms with van der Waals surface area (Å²) in [6, 6.07) is 6.85. The number of carboxylic acid groups (broad SMARTS) is 1. The summed E-state index contributed by atoms with van der Waals surface area (Å²) < 4.78 is 28.7. The molecule has 1 heterocycles. The molecule has 0 saturated carbocycles. The monoisotopic (exact) mass is 301 g/mol. The summed E-state index contributed by atoms with van der Waals surface area (Å²) in [6.45, 7) is 0. The topological polar surface area (TPSA) is 97.5 Å². The van der Waals surface area contributed by atoms with Crippen molar-refractivity contribution in [2.24, 2.45) is 0 Å². The number of sulfone groups is 1. The largest absolute Gasteiger partial charge is 0.476 e. The summed E-state index contributed by atoms with van der Waals surface area (Å²) in [7, 11) is -3.66. The summed E-state index contributed by atoms with van der Waals surface area (Å²) >= 11 is 5.72. The third-order valence-electron chi connectivity index (χ3n) is 2.27. The van der Waals surface area contributed by atoms with Gasteiger partial charge in [-0.15, -0.1) is 0 Å². The van der Waals surface area contributed by atoms with E-state index in [1.54, 1.807) is 6.07 Å². The molecular weight excluding hydrogens is 294 g/mol. The molecule has 2 aromatic rings. The molecule has 0 atom stereocenters. The highest BCUT2D eigenvalue weighted by Crippen LogP contribution is 2.20. The van der Waals surface area contributed by atoms with E-state index in [1.807, 2.05) is 0 Å². The van der Waals surface area contributed by atoms with Crippen molar-refractivity contribution in [2.45, 2.75) is 10.6 Å². The maximum atomic E-state index is 12.0. The number of carbonyl (C=O) groups is 1. The second-order valence-electron chi connectivity index (χ2n) is 3.70. The van der Waals surface area contributed by atoms with Crippen LogP contribution in [0, 0.1) is 0 Å². The Morgan fingerprint density at radius 1 is 1.37 bits per heavy atom. The molecule has 0 saturated heterocycles. The number of hydrogen-bond acceptors (Lipinski definition) is 5. The molecule has 0 fully saturated rings. The van der Waals surface area contributed by atoms with Gasteiger partial charge < -0.3 is 9.63 Å². The Balaban J connectivity index is 2.28. The van der Waals surface area contributed by atoms with Gasteiger partial charge in [-0.05, 0) is 18.2 Å². The number of benzene rings is 1. The lowest BCUT2D eigenvalue weighted by Gasteiger charge is -2.01. The fraction of sp³-hybridized carbons (Fsp3) is 0.0909. The van der Waals surface area contributed by atoms with Gasteiger partial charge in [0, 0.05) is 11.1 Å². The maximum Gasteiger partial charge on any atom is 0.358 e. The number of rotatable bonds is 4. The minimum Gasteiger partial charge on any atom is -0.476 e. The first-order valence-electron chi connectivity index (χ1n) is 5.06. The highest BCUT2D eigenvalue weighted by atomic mass is 35.5. The molecule has 0 unspecified atom stereocenters. The van der Waals surface area contributed by atoms with Crippen LogP contribution in [-0.4, -0.2) is 24.7 Å². The normalized spacial score (nSPS) is 11.4. The molecule has 0 aliphatic rings. The molecule has 19 heavy (non-hydrogen) atoms. The van der Waals surface area contributed by atoms with Crippen LogP contribution in [-0.2, 0) is 15.6 Å². The molecule has 0 aliphatic heterocycles. The zero-order valence-corrected chi connectivity index (χ0v) is 11.0. The lowest BCUT2D eigenvalue weighted by molar-refractivity contribution is 0.0685. The number of aromatic nitrogens is 1. The van der Waals surface area contributed by atoms with Crippen LogP contribution >= 0.6 is 11.6 Å². The molecular formula is C11H8ClNO5S. The average Bonchev–Trinajstić information content (AvgIpc) is 2.77. The van der Waals surface area contributed by atoms with Crippen molar-refractivity contribution < 1.29 is 22.8 Å². The third kappa shape index (κ3) is 3.12. The minimum atomic E-state index is -3.66. The van der Waals surface area contributed by atoms with Crippen molar-refractivity contribution in [3.05, 3.63) is 46.8 Å². The van der Waals surface area contributed by atoms with Gasteiger partial charge in [-0.3, -0.25) is 0 Å². The Morgan fingerprint density at radius 3 is 2.68 bits per heavy atom. The molecule has 6 nitrogen and oxygen atoms in total. The third-order valence-corrected chi connectivity index (χ3v) is 4.14. The van der Waals surface area contributed by atoms with E-state index in [4.69, 9.17) is 16.7 Å². The number of hydrogen-bond donors (Lipinski definition) is 1. The highest BCUT2D eigenvalue weighted by Gasteiger charge is 2.20. The summed E-state index contributed by atoms with van der Waals surface area (Å²) in [5, 5.41) is 12.2. The minimum absolute atomic E-state index is 0.0354. The molecule has 8 heteroatoms. The Bertz CT molecular complexity index is 722. The molecule has 0 amide bonds. The van der Waals surface area contributed by atoms with Gasteiger partial charge in [0.15, 0.2) is 21.3 Å². The van der Waals surface area contributed by atoms with Gasteiger partial charge >= 0.3 is 5.97 Å². The van der Waals surface area contributed by atoms with E-state index in [1.165, 1.54) is 18.2 Å². The SMILES string of the molecule is O=C(O)c1cc(CS(=O)(=O)c2cccc(Cl)c2)on1. The van der Waals surface area contributed by atoms with Gasteiger partial charge in [0.05, 0.1) is 4.90 Å². The van der Waals surface area contributed by atoms with Gasteiger partial charge in [0.1, 0.15) is 5.75 Å². The van der Waals surface area contributed by atoms with Crippen molar-refractivity contribution in [3.63, 3.8) is 0 Å². The lowest BCUT2D eigenvalue weighted by Crippen LogP contribution is -2.04. The van der Waals surface area contributed by atoms with Gasteiger partial charge in [-0.1, -0.05) is 22.8 Å². The van der Waals surface area contributed by atoms with Crippen LogP contribution in [0.25, 0.3) is 0 Å². The fourth-order valence-electron chi connectivity index (χ4n) is 1.41. The predicted octanol–water partition coefficient (Wildman–Crippen LogP) is 2.00. The van der Waals surface area contributed by atoms with Gasteiger partial charge in [-0.2, -0.15) is 0 Å². The van der Waals surface area contributed by atoms with E-state index in [9.17, 15) is 13.2 Å². The number of nitrogens with zero attached hydrogens (tertiary/aromatic N) is 1. The quantitative estimate of drug-likeness (QED) is 0.927. The molecule has 1 N–H and O–H groups in total. The molecule has 0 spiro atoms. The highest BCUT2D eigenvalue weighted by molar-refractivity contribution is 7.90. The summed E-state index contributed by atoms with van der Waals surface area (Å²) in [5.41, 5.74) is -0.337. The Hall–Kier alpha value is -1.86. The number of halogens is 1. The molecule has 0 bridgehead atoms. The summed E-state index contributed by atoms with van der Waals surface area (Å²) in [5.74, 6) is -1.80. The van der Waals surface area contributed by atoms with Crippen LogP contribution in [0.1, 0.15) is 16.2 Å². The average molecular weight is 302 g/mol.